The second-order valence-corrected chi connectivity index (χ2v) is 5.23. The number of hydrogen-bond acceptors (Lipinski definition) is 3. The van der Waals surface area contributed by atoms with Crippen molar-refractivity contribution >= 4 is 29.1 Å². The van der Waals surface area contributed by atoms with E-state index in [1.54, 1.807) is 23.9 Å². The highest BCUT2D eigenvalue weighted by Gasteiger charge is 2.02. The average Bonchev–Trinajstić information content (AvgIpc) is 2.40. The number of anilines is 1. The van der Waals surface area contributed by atoms with Crippen LogP contribution in [0.1, 0.15) is 11.1 Å². The molecular formula is C14H11ClN2S. The highest BCUT2D eigenvalue weighted by molar-refractivity contribution is 7.98. The summed E-state index contributed by atoms with van der Waals surface area (Å²) in [6, 6.07) is 15.1. The van der Waals surface area contributed by atoms with E-state index in [1.165, 1.54) is 5.56 Å². The summed E-state index contributed by atoms with van der Waals surface area (Å²) in [5.74, 6) is 0.802. The first kappa shape index (κ1) is 12.8. The molecule has 2 aromatic rings. The number of nitrogens with two attached hydrogens (primary N) is 1. The first-order valence-corrected chi connectivity index (χ1v) is 6.72. The van der Waals surface area contributed by atoms with Crippen LogP contribution in [0, 0.1) is 11.3 Å². The lowest BCUT2D eigenvalue weighted by atomic mass is 10.2. The van der Waals surface area contributed by atoms with Gasteiger partial charge in [0.25, 0.3) is 0 Å². The zero-order valence-electron chi connectivity index (χ0n) is 9.56. The SMILES string of the molecule is N#Cc1ccc(N)c(SCc2ccc(Cl)cc2)c1. The van der Waals surface area contributed by atoms with Crippen molar-refractivity contribution in [3.63, 3.8) is 0 Å². The van der Waals surface area contributed by atoms with Crippen LogP contribution in [-0.2, 0) is 5.75 Å². The summed E-state index contributed by atoms with van der Waals surface area (Å²) in [7, 11) is 0. The number of thioether (sulfide) groups is 1. The van der Waals surface area contributed by atoms with E-state index >= 15 is 0 Å². The molecule has 0 aromatic heterocycles. The molecule has 0 fully saturated rings. The molecule has 0 saturated heterocycles. The monoisotopic (exact) mass is 274 g/mol. The average molecular weight is 275 g/mol. The molecule has 4 heteroatoms. The van der Waals surface area contributed by atoms with Gasteiger partial charge in [0.15, 0.2) is 0 Å². The zero-order valence-corrected chi connectivity index (χ0v) is 11.1. The molecule has 0 aliphatic rings. The molecular weight excluding hydrogens is 264 g/mol. The lowest BCUT2D eigenvalue weighted by Gasteiger charge is -2.06. The maximum atomic E-state index is 8.85. The van der Waals surface area contributed by atoms with Crippen LogP contribution >= 0.6 is 23.4 Å². The minimum atomic E-state index is 0.628. The number of nitrogen functional groups attached to an aromatic ring is 1. The van der Waals surface area contributed by atoms with Crippen molar-refractivity contribution in [1.29, 1.82) is 5.26 Å². The summed E-state index contributed by atoms with van der Waals surface area (Å²) in [5.41, 5.74) is 8.38. The normalized spacial score (nSPS) is 10.0. The molecule has 0 heterocycles. The molecule has 2 nitrogen and oxygen atoms in total. The van der Waals surface area contributed by atoms with Crippen molar-refractivity contribution in [3.05, 3.63) is 58.6 Å². The van der Waals surface area contributed by atoms with E-state index in [1.807, 2.05) is 30.3 Å². The molecule has 0 saturated carbocycles. The maximum absolute atomic E-state index is 8.85. The van der Waals surface area contributed by atoms with E-state index in [9.17, 15) is 0 Å². The van der Waals surface area contributed by atoms with Gasteiger partial charge in [-0.05, 0) is 35.9 Å². The molecule has 0 bridgehead atoms. The van der Waals surface area contributed by atoms with Crippen molar-refractivity contribution in [3.8, 4) is 6.07 Å². The number of nitriles is 1. The van der Waals surface area contributed by atoms with Crippen molar-refractivity contribution in [2.45, 2.75) is 10.6 Å². The molecule has 90 valence electrons. The predicted octanol–water partition coefficient (Wildman–Crippen LogP) is 4.09. The Morgan fingerprint density at radius 2 is 1.89 bits per heavy atom. The van der Waals surface area contributed by atoms with Crippen molar-refractivity contribution in [1.82, 2.24) is 0 Å². The van der Waals surface area contributed by atoms with Crippen molar-refractivity contribution in [2.75, 3.05) is 5.73 Å². The van der Waals surface area contributed by atoms with Crippen LogP contribution in [-0.4, -0.2) is 0 Å². The Labute approximate surface area is 115 Å². The summed E-state index contributed by atoms with van der Waals surface area (Å²) in [6.07, 6.45) is 0. The van der Waals surface area contributed by atoms with Crippen molar-refractivity contribution in [2.24, 2.45) is 0 Å². The first-order chi connectivity index (χ1) is 8.69. The lowest BCUT2D eigenvalue weighted by Crippen LogP contribution is -1.90. The van der Waals surface area contributed by atoms with Crippen LogP contribution in [0.25, 0.3) is 0 Å². The molecule has 0 aliphatic heterocycles. The molecule has 0 aliphatic carbocycles. The van der Waals surface area contributed by atoms with Gasteiger partial charge in [0.2, 0.25) is 0 Å². The van der Waals surface area contributed by atoms with Gasteiger partial charge in [0, 0.05) is 21.4 Å². The van der Waals surface area contributed by atoms with Crippen molar-refractivity contribution < 1.29 is 0 Å². The van der Waals surface area contributed by atoms with Crippen LogP contribution in [0.2, 0.25) is 5.02 Å². The van der Waals surface area contributed by atoms with E-state index < -0.39 is 0 Å². The molecule has 0 amide bonds. The molecule has 0 unspecified atom stereocenters. The fourth-order valence-electron chi connectivity index (χ4n) is 1.47. The summed E-state index contributed by atoms with van der Waals surface area (Å²) < 4.78 is 0. The Balaban J connectivity index is 2.10. The molecule has 18 heavy (non-hydrogen) atoms. The van der Waals surface area contributed by atoms with Gasteiger partial charge in [-0.2, -0.15) is 5.26 Å². The van der Waals surface area contributed by atoms with Crippen LogP contribution in [0.3, 0.4) is 0 Å². The Morgan fingerprint density at radius 1 is 1.17 bits per heavy atom. The third kappa shape index (κ3) is 3.19. The highest BCUT2D eigenvalue weighted by Crippen LogP contribution is 2.29. The molecule has 2 N–H and O–H groups in total. The van der Waals surface area contributed by atoms with Crippen LogP contribution in [0.4, 0.5) is 5.69 Å². The molecule has 2 rings (SSSR count). The maximum Gasteiger partial charge on any atom is 0.0992 e. The van der Waals surface area contributed by atoms with Gasteiger partial charge < -0.3 is 5.73 Å². The number of halogens is 1. The lowest BCUT2D eigenvalue weighted by molar-refractivity contribution is 1.37. The summed E-state index contributed by atoms with van der Waals surface area (Å²) in [6.45, 7) is 0. The fraction of sp³-hybridized carbons (Fsp3) is 0.0714. The summed E-state index contributed by atoms with van der Waals surface area (Å²) >= 11 is 7.45. The van der Waals surface area contributed by atoms with Gasteiger partial charge in [-0.1, -0.05) is 23.7 Å². The predicted molar refractivity (Wildman–Crippen MR) is 76.6 cm³/mol. The Morgan fingerprint density at radius 3 is 2.56 bits per heavy atom. The van der Waals surface area contributed by atoms with Gasteiger partial charge in [-0.15, -0.1) is 11.8 Å². The Bertz CT molecular complexity index is 588. The van der Waals surface area contributed by atoms with Crippen LogP contribution in [0.15, 0.2) is 47.4 Å². The molecule has 0 atom stereocenters. The third-order valence-corrected chi connectivity index (χ3v) is 3.84. The van der Waals surface area contributed by atoms with Gasteiger partial charge >= 0.3 is 0 Å². The Kier molecular flexibility index (Phi) is 4.14. The van der Waals surface area contributed by atoms with E-state index in [4.69, 9.17) is 22.6 Å². The van der Waals surface area contributed by atoms with Gasteiger partial charge in [0.1, 0.15) is 0 Å². The summed E-state index contributed by atoms with van der Waals surface area (Å²) in [4.78, 5) is 0.934. The van der Waals surface area contributed by atoms with E-state index in [0.29, 0.717) is 11.3 Å². The van der Waals surface area contributed by atoms with Gasteiger partial charge in [-0.25, -0.2) is 0 Å². The van der Waals surface area contributed by atoms with Crippen LogP contribution in [0.5, 0.6) is 0 Å². The second-order valence-electron chi connectivity index (χ2n) is 3.78. The van der Waals surface area contributed by atoms with E-state index in [2.05, 4.69) is 6.07 Å². The van der Waals surface area contributed by atoms with Gasteiger partial charge in [0.05, 0.1) is 11.6 Å². The largest absolute Gasteiger partial charge is 0.398 e. The first-order valence-electron chi connectivity index (χ1n) is 5.36. The third-order valence-electron chi connectivity index (χ3n) is 2.45. The number of rotatable bonds is 3. The number of nitrogens with zero attached hydrogens (tertiary/aromatic N) is 1. The zero-order chi connectivity index (χ0) is 13.0. The van der Waals surface area contributed by atoms with Gasteiger partial charge in [-0.3, -0.25) is 0 Å². The standard InChI is InChI=1S/C14H11ClN2S/c15-12-4-1-10(2-5-12)9-18-14-7-11(8-16)3-6-13(14)17/h1-7H,9,17H2. The molecule has 2 aromatic carbocycles. The number of benzene rings is 2. The quantitative estimate of drug-likeness (QED) is 0.677. The Hall–Kier alpha value is -1.63. The fourth-order valence-corrected chi connectivity index (χ4v) is 2.56. The smallest absolute Gasteiger partial charge is 0.0992 e. The molecule has 0 spiro atoms. The van der Waals surface area contributed by atoms with E-state index in [-0.39, 0.29) is 0 Å². The number of hydrogen-bond donors (Lipinski definition) is 1. The molecule has 0 radical (unpaired) electrons. The minimum absolute atomic E-state index is 0.628. The summed E-state index contributed by atoms with van der Waals surface area (Å²) in [5, 5.41) is 9.59. The van der Waals surface area contributed by atoms with E-state index in [0.717, 1.165) is 15.7 Å². The second kappa shape index (κ2) is 5.81. The minimum Gasteiger partial charge on any atom is -0.398 e. The topological polar surface area (TPSA) is 49.8 Å². The van der Waals surface area contributed by atoms with Crippen LogP contribution < -0.4 is 5.73 Å². The highest BCUT2D eigenvalue weighted by atomic mass is 35.5.